The fourth-order valence-corrected chi connectivity index (χ4v) is 5.08. The summed E-state index contributed by atoms with van der Waals surface area (Å²) in [6.07, 6.45) is 4.77. The lowest BCUT2D eigenvalue weighted by Crippen LogP contribution is -2.45. The number of rotatable bonds is 10. The Morgan fingerprint density at radius 3 is 2.64 bits per heavy atom. The predicted molar refractivity (Wildman–Crippen MR) is 130 cm³/mol. The van der Waals surface area contributed by atoms with Crippen molar-refractivity contribution in [2.45, 2.75) is 44.9 Å². The van der Waals surface area contributed by atoms with Crippen LogP contribution in [0.5, 0.6) is 5.75 Å². The van der Waals surface area contributed by atoms with E-state index >= 15 is 0 Å². The molecule has 2 saturated heterocycles. The number of aromatic nitrogens is 2. The molecule has 0 bridgehead atoms. The van der Waals surface area contributed by atoms with Crippen LogP contribution in [0.1, 0.15) is 37.1 Å². The van der Waals surface area contributed by atoms with Crippen LogP contribution in [-0.4, -0.2) is 74.4 Å². The van der Waals surface area contributed by atoms with Crippen LogP contribution in [0.4, 0.5) is 14.8 Å². The maximum Gasteiger partial charge on any atom is 0.324 e. The highest BCUT2D eigenvalue weighted by Crippen LogP contribution is 2.50. The zero-order valence-corrected chi connectivity index (χ0v) is 21.1. The molecule has 1 saturated carbocycles. The number of likely N-dealkylation sites (tertiary alicyclic amines) is 1. The van der Waals surface area contributed by atoms with Crippen LogP contribution in [0.15, 0.2) is 22.7 Å². The van der Waals surface area contributed by atoms with Gasteiger partial charge in [-0.15, -0.1) is 0 Å². The third kappa shape index (κ3) is 7.22. The summed E-state index contributed by atoms with van der Waals surface area (Å²) >= 11 is 0. The minimum atomic E-state index is -0.532. The Morgan fingerprint density at radius 1 is 1.25 bits per heavy atom. The minimum absolute atomic E-state index is 0.0928. The number of aldehydes is 1. The molecule has 3 fully saturated rings. The van der Waals surface area contributed by atoms with Gasteiger partial charge in [-0.25, -0.2) is 8.78 Å². The fourth-order valence-electron chi connectivity index (χ4n) is 5.08. The molecule has 0 spiro atoms. The SMILES string of the molecule is CN1CC(F)C1.COCc1noc(N2CCC(C3CC3CCOc3ccc(CC=O)c(F)c3)CC2)n1. The van der Waals surface area contributed by atoms with E-state index in [9.17, 15) is 13.6 Å². The van der Waals surface area contributed by atoms with Crippen LogP contribution in [0, 0.1) is 23.6 Å². The van der Waals surface area contributed by atoms with E-state index in [0.29, 0.717) is 61.7 Å². The standard InChI is InChI=1S/C22H28FN3O4.C4H8FN/c1-28-14-21-24-22(30-25-21)26-8-4-15(5-9-26)19-12-17(19)7-11-29-18-3-2-16(6-10-27)20(23)13-18;1-6-2-4(5)3-6/h2-3,10,13,15,17,19H,4-9,11-12,14H2,1H3;4H,2-3H2,1H3. The van der Waals surface area contributed by atoms with Crippen LogP contribution in [0.2, 0.25) is 0 Å². The average molecular weight is 507 g/mol. The summed E-state index contributed by atoms with van der Waals surface area (Å²) in [5, 5.41) is 3.93. The summed E-state index contributed by atoms with van der Waals surface area (Å²) in [5.41, 5.74) is 0.404. The lowest BCUT2D eigenvalue weighted by atomic mass is 9.90. The first-order chi connectivity index (χ1) is 17.5. The molecular formula is C26H36F2N4O4. The first-order valence-corrected chi connectivity index (χ1v) is 12.7. The molecule has 0 N–H and O–H groups in total. The highest BCUT2D eigenvalue weighted by atomic mass is 19.1. The topological polar surface area (TPSA) is 80.9 Å². The van der Waals surface area contributed by atoms with Gasteiger partial charge >= 0.3 is 6.01 Å². The molecule has 3 aliphatic rings. The largest absolute Gasteiger partial charge is 0.493 e. The maximum absolute atomic E-state index is 13.9. The van der Waals surface area contributed by atoms with Crippen molar-refractivity contribution < 1.29 is 27.6 Å². The Hall–Kier alpha value is -2.59. The monoisotopic (exact) mass is 506 g/mol. The maximum atomic E-state index is 13.9. The number of halogens is 2. The number of alkyl halides is 1. The Bertz CT molecular complexity index is 971. The number of hydrogen-bond donors (Lipinski definition) is 0. The highest BCUT2D eigenvalue weighted by molar-refractivity contribution is 5.55. The van der Waals surface area contributed by atoms with Crippen LogP contribution < -0.4 is 9.64 Å². The van der Waals surface area contributed by atoms with Gasteiger partial charge in [0.1, 0.15) is 30.6 Å². The lowest BCUT2D eigenvalue weighted by molar-refractivity contribution is -0.107. The van der Waals surface area contributed by atoms with E-state index in [-0.39, 0.29) is 12.2 Å². The summed E-state index contributed by atoms with van der Waals surface area (Å²) in [5.74, 6) is 2.90. The summed E-state index contributed by atoms with van der Waals surface area (Å²) in [6, 6.07) is 5.31. The van der Waals surface area contributed by atoms with Crippen LogP contribution in [-0.2, 0) is 22.6 Å². The minimum Gasteiger partial charge on any atom is -0.493 e. The van der Waals surface area contributed by atoms with E-state index in [1.807, 2.05) is 11.9 Å². The molecule has 1 aromatic carbocycles. The molecule has 10 heteroatoms. The Kier molecular flexibility index (Phi) is 9.25. The molecule has 0 amide bonds. The molecule has 0 radical (unpaired) electrons. The zero-order chi connectivity index (χ0) is 25.5. The number of carbonyl (C=O) groups is 1. The van der Waals surface area contributed by atoms with Gasteiger partial charge in [-0.3, -0.25) is 0 Å². The third-order valence-corrected chi connectivity index (χ3v) is 7.23. The van der Waals surface area contributed by atoms with E-state index in [1.165, 1.54) is 12.5 Å². The second-order valence-corrected chi connectivity index (χ2v) is 9.99. The van der Waals surface area contributed by atoms with Crippen molar-refractivity contribution in [1.82, 2.24) is 15.0 Å². The Labute approximate surface area is 210 Å². The summed E-state index contributed by atoms with van der Waals surface area (Å²) in [4.78, 5) is 19.0. The van der Waals surface area contributed by atoms with Crippen LogP contribution in [0.3, 0.4) is 0 Å². The molecule has 2 aromatic rings. The van der Waals surface area contributed by atoms with Crippen LogP contribution >= 0.6 is 0 Å². The molecule has 1 aliphatic carbocycles. The molecule has 8 nitrogen and oxygen atoms in total. The molecule has 5 rings (SSSR count). The normalized spacial score (nSPS) is 22.5. The number of benzene rings is 1. The second kappa shape index (κ2) is 12.6. The van der Waals surface area contributed by atoms with Gasteiger partial charge in [0.05, 0.1) is 6.61 Å². The molecule has 198 valence electrons. The van der Waals surface area contributed by atoms with E-state index in [0.717, 1.165) is 44.2 Å². The first kappa shape index (κ1) is 26.5. The molecular weight excluding hydrogens is 470 g/mol. The third-order valence-electron chi connectivity index (χ3n) is 7.23. The van der Waals surface area contributed by atoms with Gasteiger partial charge in [-0.05, 0) is 62.1 Å². The number of anilines is 1. The van der Waals surface area contributed by atoms with Crippen molar-refractivity contribution >= 4 is 12.3 Å². The van der Waals surface area contributed by atoms with Crippen molar-refractivity contribution in [3.63, 3.8) is 0 Å². The predicted octanol–water partition coefficient (Wildman–Crippen LogP) is 3.69. The second-order valence-electron chi connectivity index (χ2n) is 9.99. The quantitative estimate of drug-likeness (QED) is 0.452. The van der Waals surface area contributed by atoms with Crippen molar-refractivity contribution in [3.05, 3.63) is 35.4 Å². The zero-order valence-electron chi connectivity index (χ0n) is 21.1. The number of ether oxygens (including phenoxy) is 2. The molecule has 3 heterocycles. The highest BCUT2D eigenvalue weighted by Gasteiger charge is 2.43. The Balaban J connectivity index is 0.000000445. The van der Waals surface area contributed by atoms with E-state index in [1.54, 1.807) is 19.2 Å². The summed E-state index contributed by atoms with van der Waals surface area (Å²) in [6.45, 7) is 4.11. The average Bonchev–Trinajstić information content (AvgIpc) is 3.47. The van der Waals surface area contributed by atoms with Gasteiger partial charge in [-0.2, -0.15) is 4.98 Å². The molecule has 2 atom stereocenters. The van der Waals surface area contributed by atoms with Gasteiger partial charge in [-0.1, -0.05) is 11.2 Å². The van der Waals surface area contributed by atoms with E-state index in [2.05, 4.69) is 15.0 Å². The summed E-state index contributed by atoms with van der Waals surface area (Å²) in [7, 11) is 3.53. The fraction of sp³-hybridized carbons (Fsp3) is 0.654. The van der Waals surface area contributed by atoms with Gasteiger partial charge in [0.15, 0.2) is 5.82 Å². The van der Waals surface area contributed by atoms with Crippen LogP contribution in [0.25, 0.3) is 0 Å². The van der Waals surface area contributed by atoms with Gasteiger partial charge in [0.2, 0.25) is 0 Å². The van der Waals surface area contributed by atoms with Crippen molar-refractivity contribution in [1.29, 1.82) is 0 Å². The lowest BCUT2D eigenvalue weighted by Gasteiger charge is -2.30. The number of nitrogens with zero attached hydrogens (tertiary/aromatic N) is 4. The molecule has 2 aliphatic heterocycles. The number of methoxy groups -OCH3 is 1. The van der Waals surface area contributed by atoms with Gasteiger partial charge < -0.3 is 28.6 Å². The van der Waals surface area contributed by atoms with Crippen molar-refractivity contribution in [3.8, 4) is 5.75 Å². The summed E-state index contributed by atoms with van der Waals surface area (Å²) < 4.78 is 41.7. The number of hydrogen-bond acceptors (Lipinski definition) is 8. The number of carbonyl (C=O) groups excluding carboxylic acids is 1. The Morgan fingerprint density at radius 2 is 2.03 bits per heavy atom. The van der Waals surface area contributed by atoms with E-state index < -0.39 is 6.17 Å². The molecule has 1 aromatic heterocycles. The first-order valence-electron chi connectivity index (χ1n) is 12.7. The van der Waals surface area contributed by atoms with Crippen molar-refractivity contribution in [2.75, 3.05) is 51.8 Å². The molecule has 36 heavy (non-hydrogen) atoms. The number of piperidine rings is 1. The van der Waals surface area contributed by atoms with Crippen molar-refractivity contribution in [2.24, 2.45) is 17.8 Å². The van der Waals surface area contributed by atoms with Gasteiger partial charge in [0.25, 0.3) is 0 Å². The smallest absolute Gasteiger partial charge is 0.324 e. The van der Waals surface area contributed by atoms with E-state index in [4.69, 9.17) is 14.0 Å². The van der Waals surface area contributed by atoms with Gasteiger partial charge in [0, 0.05) is 45.8 Å². The molecule has 2 unspecified atom stereocenters.